The fourth-order valence-electron chi connectivity index (χ4n) is 1.11. The molecule has 0 fully saturated rings. The van der Waals surface area contributed by atoms with Crippen molar-refractivity contribution in [3.63, 3.8) is 0 Å². The summed E-state index contributed by atoms with van der Waals surface area (Å²) in [6.07, 6.45) is 0. The molecule has 0 aliphatic rings. The molecular weight excluding hydrogens is 170 g/mol. The first kappa shape index (κ1) is 9.47. The van der Waals surface area contributed by atoms with E-state index in [2.05, 4.69) is 5.32 Å². The molecule has 0 amide bonds. The molecule has 0 radical (unpaired) electrons. The van der Waals surface area contributed by atoms with Crippen LogP contribution in [0, 0.1) is 10.1 Å². The van der Waals surface area contributed by atoms with Gasteiger partial charge in [0.05, 0.1) is 4.92 Å². The molecule has 3 N–H and O–H groups in total. The number of non-ortho nitro benzene ring substituents is 1. The topological polar surface area (TPSA) is 81.2 Å². The fraction of sp³-hybridized carbons (Fsp3) is 0.250. The zero-order valence-electron chi connectivity index (χ0n) is 7.28. The summed E-state index contributed by atoms with van der Waals surface area (Å²) in [7, 11) is 1.75. The molecule has 70 valence electrons. The van der Waals surface area contributed by atoms with Crippen molar-refractivity contribution < 1.29 is 4.92 Å². The first-order chi connectivity index (χ1) is 6.19. The molecule has 0 heterocycles. The minimum Gasteiger partial charge on any atom is -0.388 e. The van der Waals surface area contributed by atoms with Crippen LogP contribution in [0.5, 0.6) is 0 Å². The second kappa shape index (κ2) is 3.86. The maximum atomic E-state index is 10.4. The summed E-state index contributed by atoms with van der Waals surface area (Å²) in [5.41, 5.74) is 7.08. The van der Waals surface area contributed by atoms with Gasteiger partial charge >= 0.3 is 0 Å². The maximum absolute atomic E-state index is 10.4. The van der Waals surface area contributed by atoms with E-state index in [1.807, 2.05) is 0 Å². The summed E-state index contributed by atoms with van der Waals surface area (Å²) < 4.78 is 0. The van der Waals surface area contributed by atoms with Crippen LogP contribution in [-0.2, 0) is 6.54 Å². The molecule has 0 saturated heterocycles. The Labute approximate surface area is 75.7 Å². The smallest absolute Gasteiger partial charge is 0.269 e. The number of nitrogens with two attached hydrogens (primary N) is 1. The molecule has 0 aliphatic heterocycles. The van der Waals surface area contributed by atoms with Crippen LogP contribution in [0.4, 0.5) is 11.4 Å². The van der Waals surface area contributed by atoms with Crippen molar-refractivity contribution in [2.75, 3.05) is 12.4 Å². The Kier molecular flexibility index (Phi) is 2.81. The van der Waals surface area contributed by atoms with Gasteiger partial charge in [0.25, 0.3) is 5.69 Å². The predicted molar refractivity (Wildman–Crippen MR) is 50.5 cm³/mol. The maximum Gasteiger partial charge on any atom is 0.269 e. The summed E-state index contributed by atoms with van der Waals surface area (Å²) in [4.78, 5) is 9.98. The van der Waals surface area contributed by atoms with Crippen LogP contribution < -0.4 is 11.1 Å². The third-order valence-corrected chi connectivity index (χ3v) is 1.79. The quantitative estimate of drug-likeness (QED) is 0.540. The highest BCUT2D eigenvalue weighted by molar-refractivity contribution is 5.55. The van der Waals surface area contributed by atoms with E-state index in [1.165, 1.54) is 12.1 Å². The van der Waals surface area contributed by atoms with Gasteiger partial charge in [-0.15, -0.1) is 0 Å². The van der Waals surface area contributed by atoms with Gasteiger partial charge in [0.2, 0.25) is 0 Å². The van der Waals surface area contributed by atoms with E-state index in [1.54, 1.807) is 13.1 Å². The second-order valence-electron chi connectivity index (χ2n) is 2.55. The Bertz CT molecular complexity index is 325. The van der Waals surface area contributed by atoms with E-state index >= 15 is 0 Å². The van der Waals surface area contributed by atoms with Crippen molar-refractivity contribution in [1.29, 1.82) is 0 Å². The van der Waals surface area contributed by atoms with Crippen LogP contribution in [-0.4, -0.2) is 12.0 Å². The third kappa shape index (κ3) is 1.94. The van der Waals surface area contributed by atoms with Crippen LogP contribution >= 0.6 is 0 Å². The minimum atomic E-state index is -0.432. The van der Waals surface area contributed by atoms with Crippen molar-refractivity contribution in [3.05, 3.63) is 33.9 Å². The molecule has 0 saturated carbocycles. The molecule has 1 rings (SSSR count). The first-order valence-corrected chi connectivity index (χ1v) is 3.84. The lowest BCUT2D eigenvalue weighted by atomic mass is 10.1. The number of nitrogens with zero attached hydrogens (tertiary/aromatic N) is 1. The van der Waals surface area contributed by atoms with E-state index in [-0.39, 0.29) is 12.2 Å². The Hall–Kier alpha value is -1.62. The second-order valence-corrected chi connectivity index (χ2v) is 2.55. The fourth-order valence-corrected chi connectivity index (χ4v) is 1.11. The molecular formula is C8H11N3O2. The number of benzene rings is 1. The lowest BCUT2D eigenvalue weighted by Crippen LogP contribution is -2.02. The first-order valence-electron chi connectivity index (χ1n) is 3.84. The molecule has 0 spiro atoms. The molecule has 5 heteroatoms. The van der Waals surface area contributed by atoms with Crippen LogP contribution in [0.25, 0.3) is 0 Å². The summed E-state index contributed by atoms with van der Waals surface area (Å²) >= 11 is 0. The van der Waals surface area contributed by atoms with E-state index in [4.69, 9.17) is 5.73 Å². The predicted octanol–water partition coefficient (Wildman–Crippen LogP) is 1.10. The Balaban J connectivity index is 3.13. The molecule has 0 bridgehead atoms. The molecule has 1 aromatic carbocycles. The van der Waals surface area contributed by atoms with Crippen molar-refractivity contribution >= 4 is 11.4 Å². The van der Waals surface area contributed by atoms with Gasteiger partial charge in [-0.25, -0.2) is 0 Å². The van der Waals surface area contributed by atoms with Gasteiger partial charge in [0.1, 0.15) is 0 Å². The number of nitro benzene ring substituents is 1. The summed E-state index contributed by atoms with van der Waals surface area (Å²) in [5, 5.41) is 13.3. The molecule has 13 heavy (non-hydrogen) atoms. The number of hydrogen-bond donors (Lipinski definition) is 2. The van der Waals surface area contributed by atoms with Gasteiger partial charge in [0, 0.05) is 31.4 Å². The number of nitro groups is 1. The Morgan fingerprint density at radius 3 is 2.77 bits per heavy atom. The zero-order chi connectivity index (χ0) is 9.84. The van der Waals surface area contributed by atoms with Crippen molar-refractivity contribution in [1.82, 2.24) is 0 Å². The molecule has 0 atom stereocenters. The van der Waals surface area contributed by atoms with E-state index in [0.29, 0.717) is 0 Å². The van der Waals surface area contributed by atoms with Gasteiger partial charge in [-0.1, -0.05) is 0 Å². The molecule has 5 nitrogen and oxygen atoms in total. The SMILES string of the molecule is CNc1ccc([N+](=O)[O-])cc1CN. The van der Waals surface area contributed by atoms with Gasteiger partial charge < -0.3 is 11.1 Å². The summed E-state index contributed by atoms with van der Waals surface area (Å²) in [6.45, 7) is 0.290. The molecule has 1 aromatic rings. The van der Waals surface area contributed by atoms with Gasteiger partial charge in [0.15, 0.2) is 0 Å². The monoisotopic (exact) mass is 181 g/mol. The van der Waals surface area contributed by atoms with Gasteiger partial charge in [-0.05, 0) is 11.6 Å². The molecule has 0 aliphatic carbocycles. The van der Waals surface area contributed by atoms with Crippen LogP contribution in [0.2, 0.25) is 0 Å². The van der Waals surface area contributed by atoms with E-state index < -0.39 is 4.92 Å². The standard InChI is InChI=1S/C8H11N3O2/c1-10-8-3-2-7(11(12)13)4-6(8)5-9/h2-4,10H,5,9H2,1H3. The average Bonchev–Trinajstić information content (AvgIpc) is 2.16. The summed E-state index contributed by atoms with van der Waals surface area (Å²) in [6, 6.07) is 4.58. The van der Waals surface area contributed by atoms with E-state index in [9.17, 15) is 10.1 Å². The summed E-state index contributed by atoms with van der Waals surface area (Å²) in [5.74, 6) is 0. The minimum absolute atomic E-state index is 0.0689. The van der Waals surface area contributed by atoms with Crippen molar-refractivity contribution in [2.24, 2.45) is 5.73 Å². The highest BCUT2D eigenvalue weighted by Crippen LogP contribution is 2.20. The average molecular weight is 181 g/mol. The Morgan fingerprint density at radius 2 is 2.31 bits per heavy atom. The number of hydrogen-bond acceptors (Lipinski definition) is 4. The number of nitrogens with one attached hydrogen (secondary N) is 1. The largest absolute Gasteiger partial charge is 0.388 e. The number of rotatable bonds is 3. The molecule has 0 unspecified atom stereocenters. The van der Waals surface area contributed by atoms with Crippen molar-refractivity contribution in [3.8, 4) is 0 Å². The Morgan fingerprint density at radius 1 is 1.62 bits per heavy atom. The van der Waals surface area contributed by atoms with Crippen LogP contribution in [0.1, 0.15) is 5.56 Å². The zero-order valence-corrected chi connectivity index (χ0v) is 7.28. The van der Waals surface area contributed by atoms with Gasteiger partial charge in [-0.3, -0.25) is 10.1 Å². The normalized spacial score (nSPS) is 9.69. The third-order valence-electron chi connectivity index (χ3n) is 1.79. The lowest BCUT2D eigenvalue weighted by molar-refractivity contribution is -0.384. The molecule has 0 aromatic heterocycles. The van der Waals surface area contributed by atoms with Crippen LogP contribution in [0.3, 0.4) is 0 Å². The van der Waals surface area contributed by atoms with Crippen LogP contribution in [0.15, 0.2) is 18.2 Å². The number of anilines is 1. The highest BCUT2D eigenvalue weighted by Gasteiger charge is 2.08. The van der Waals surface area contributed by atoms with Crippen molar-refractivity contribution in [2.45, 2.75) is 6.54 Å². The lowest BCUT2D eigenvalue weighted by Gasteiger charge is -2.05. The van der Waals surface area contributed by atoms with Gasteiger partial charge in [-0.2, -0.15) is 0 Å². The van der Waals surface area contributed by atoms with E-state index in [0.717, 1.165) is 11.3 Å². The highest BCUT2D eigenvalue weighted by atomic mass is 16.6.